The predicted molar refractivity (Wildman–Crippen MR) is 99.9 cm³/mol. The van der Waals surface area contributed by atoms with Crippen molar-refractivity contribution < 1.29 is 4.74 Å². The van der Waals surface area contributed by atoms with Crippen molar-refractivity contribution in [2.24, 2.45) is 0 Å². The number of anilines is 4. The molecule has 6 heteroatoms. The first-order valence-corrected chi connectivity index (χ1v) is 8.17. The van der Waals surface area contributed by atoms with Crippen LogP contribution in [0.4, 0.5) is 23.1 Å². The van der Waals surface area contributed by atoms with Crippen LogP contribution in [-0.4, -0.2) is 21.8 Å². The van der Waals surface area contributed by atoms with Gasteiger partial charge in [0.25, 0.3) is 0 Å². The molecule has 0 aliphatic rings. The summed E-state index contributed by atoms with van der Waals surface area (Å²) in [5.41, 5.74) is 4.23. The van der Waals surface area contributed by atoms with Gasteiger partial charge >= 0.3 is 0 Å². The Morgan fingerprint density at radius 2 is 1.64 bits per heavy atom. The van der Waals surface area contributed by atoms with E-state index >= 15 is 0 Å². The first-order chi connectivity index (χ1) is 12.1. The number of nitrogens with one attached hydrogen (secondary N) is 2. The van der Waals surface area contributed by atoms with Gasteiger partial charge in [-0.05, 0) is 68.3 Å². The quantitative estimate of drug-likeness (QED) is 0.697. The SMILES string of the molecule is CCOc1ccc(Nc2nncc(Nc3cc(C)cc(C)c3)n2)cc1. The van der Waals surface area contributed by atoms with Gasteiger partial charge in [0.05, 0.1) is 12.8 Å². The highest BCUT2D eigenvalue weighted by molar-refractivity contribution is 5.60. The molecule has 1 aromatic heterocycles. The molecule has 0 saturated carbocycles. The Morgan fingerprint density at radius 1 is 0.920 bits per heavy atom. The van der Waals surface area contributed by atoms with Crippen LogP contribution in [0.2, 0.25) is 0 Å². The van der Waals surface area contributed by atoms with Gasteiger partial charge in [-0.1, -0.05) is 6.07 Å². The van der Waals surface area contributed by atoms with Gasteiger partial charge in [-0.3, -0.25) is 0 Å². The molecule has 0 fully saturated rings. The molecule has 3 aromatic rings. The molecule has 1 heterocycles. The molecule has 0 radical (unpaired) electrons. The van der Waals surface area contributed by atoms with Gasteiger partial charge in [0.1, 0.15) is 5.75 Å². The van der Waals surface area contributed by atoms with E-state index in [1.165, 1.54) is 11.1 Å². The summed E-state index contributed by atoms with van der Waals surface area (Å²) < 4.78 is 5.43. The van der Waals surface area contributed by atoms with Crippen LogP contribution >= 0.6 is 0 Å². The van der Waals surface area contributed by atoms with Crippen molar-refractivity contribution in [1.82, 2.24) is 15.2 Å². The molecule has 0 bridgehead atoms. The van der Waals surface area contributed by atoms with Crippen molar-refractivity contribution in [3.05, 3.63) is 59.8 Å². The zero-order chi connectivity index (χ0) is 17.6. The monoisotopic (exact) mass is 335 g/mol. The molecule has 0 atom stereocenters. The van der Waals surface area contributed by atoms with Crippen LogP contribution in [0.25, 0.3) is 0 Å². The minimum Gasteiger partial charge on any atom is -0.494 e. The third kappa shape index (κ3) is 4.67. The molecule has 3 rings (SSSR count). The molecule has 128 valence electrons. The molecule has 0 saturated heterocycles. The van der Waals surface area contributed by atoms with Crippen molar-refractivity contribution in [1.29, 1.82) is 0 Å². The number of rotatable bonds is 6. The van der Waals surface area contributed by atoms with Crippen molar-refractivity contribution in [3.8, 4) is 5.75 Å². The van der Waals surface area contributed by atoms with Gasteiger partial charge in [0.15, 0.2) is 5.82 Å². The lowest BCUT2D eigenvalue weighted by Gasteiger charge is -2.09. The summed E-state index contributed by atoms with van der Waals surface area (Å²) in [4.78, 5) is 4.45. The van der Waals surface area contributed by atoms with Gasteiger partial charge < -0.3 is 15.4 Å². The fraction of sp³-hybridized carbons (Fsp3) is 0.211. The Kier molecular flexibility index (Phi) is 5.09. The zero-order valence-corrected chi connectivity index (χ0v) is 14.6. The van der Waals surface area contributed by atoms with Gasteiger partial charge in [-0.15, -0.1) is 5.10 Å². The van der Waals surface area contributed by atoms with Gasteiger partial charge in [-0.25, -0.2) is 0 Å². The molecule has 2 N–H and O–H groups in total. The van der Waals surface area contributed by atoms with Crippen molar-refractivity contribution in [2.45, 2.75) is 20.8 Å². The maximum absolute atomic E-state index is 5.43. The summed E-state index contributed by atoms with van der Waals surface area (Å²) in [6.07, 6.45) is 1.60. The van der Waals surface area contributed by atoms with E-state index in [1.807, 2.05) is 31.2 Å². The van der Waals surface area contributed by atoms with Crippen LogP contribution in [0.5, 0.6) is 5.75 Å². The number of aromatic nitrogens is 3. The van der Waals surface area contributed by atoms with Crippen molar-refractivity contribution in [2.75, 3.05) is 17.2 Å². The molecule has 0 aliphatic carbocycles. The number of hydrogen-bond acceptors (Lipinski definition) is 6. The number of nitrogens with zero attached hydrogens (tertiary/aromatic N) is 3. The van der Waals surface area contributed by atoms with E-state index in [0.717, 1.165) is 17.1 Å². The van der Waals surface area contributed by atoms with E-state index in [4.69, 9.17) is 4.74 Å². The molecule has 2 aromatic carbocycles. The van der Waals surface area contributed by atoms with Crippen LogP contribution in [0, 0.1) is 13.8 Å². The molecule has 0 aliphatic heterocycles. The second-order valence-corrected chi connectivity index (χ2v) is 5.75. The lowest BCUT2D eigenvalue weighted by atomic mass is 10.1. The number of hydrogen-bond donors (Lipinski definition) is 2. The molecule has 6 nitrogen and oxygen atoms in total. The second-order valence-electron chi connectivity index (χ2n) is 5.75. The number of ether oxygens (including phenoxy) is 1. The first-order valence-electron chi connectivity index (χ1n) is 8.17. The smallest absolute Gasteiger partial charge is 0.249 e. The van der Waals surface area contributed by atoms with Crippen LogP contribution in [0.3, 0.4) is 0 Å². The van der Waals surface area contributed by atoms with Crippen molar-refractivity contribution in [3.63, 3.8) is 0 Å². The lowest BCUT2D eigenvalue weighted by Crippen LogP contribution is -2.02. The van der Waals surface area contributed by atoms with Crippen molar-refractivity contribution >= 4 is 23.1 Å². The summed E-state index contributed by atoms with van der Waals surface area (Å²) in [6.45, 7) is 6.73. The highest BCUT2D eigenvalue weighted by atomic mass is 16.5. The molecule has 0 amide bonds. The van der Waals surface area contributed by atoms with Gasteiger partial charge in [-0.2, -0.15) is 10.1 Å². The van der Waals surface area contributed by atoms with Crippen LogP contribution in [-0.2, 0) is 0 Å². The van der Waals surface area contributed by atoms with E-state index in [-0.39, 0.29) is 0 Å². The Balaban J connectivity index is 1.72. The summed E-state index contributed by atoms with van der Waals surface area (Å²) in [6, 6.07) is 13.9. The Morgan fingerprint density at radius 3 is 2.32 bits per heavy atom. The normalized spacial score (nSPS) is 10.4. The third-order valence-corrected chi connectivity index (χ3v) is 3.47. The second kappa shape index (κ2) is 7.61. The van der Waals surface area contributed by atoms with Crippen LogP contribution in [0.15, 0.2) is 48.7 Å². The largest absolute Gasteiger partial charge is 0.494 e. The molecular weight excluding hydrogens is 314 g/mol. The van der Waals surface area contributed by atoms with E-state index in [2.05, 4.69) is 57.9 Å². The maximum atomic E-state index is 5.43. The number of aryl methyl sites for hydroxylation is 2. The van der Waals surface area contributed by atoms with Gasteiger partial charge in [0, 0.05) is 11.4 Å². The third-order valence-electron chi connectivity index (χ3n) is 3.47. The van der Waals surface area contributed by atoms with Gasteiger partial charge in [0.2, 0.25) is 5.95 Å². The van der Waals surface area contributed by atoms with E-state index in [0.29, 0.717) is 18.4 Å². The fourth-order valence-corrected chi connectivity index (χ4v) is 2.54. The van der Waals surface area contributed by atoms with E-state index in [1.54, 1.807) is 6.20 Å². The summed E-state index contributed by atoms with van der Waals surface area (Å²) >= 11 is 0. The average Bonchev–Trinajstić information content (AvgIpc) is 2.56. The Labute approximate surface area is 147 Å². The summed E-state index contributed by atoms with van der Waals surface area (Å²) in [5.74, 6) is 1.89. The van der Waals surface area contributed by atoms with Crippen LogP contribution < -0.4 is 15.4 Å². The highest BCUT2D eigenvalue weighted by Gasteiger charge is 2.03. The standard InChI is InChI=1S/C19H21N5O/c1-4-25-17-7-5-15(6-8-17)22-19-23-18(12-20-24-19)21-16-10-13(2)9-14(3)11-16/h5-12H,4H2,1-3H3,(H2,21,22,23,24). The molecule has 0 spiro atoms. The zero-order valence-electron chi connectivity index (χ0n) is 14.6. The predicted octanol–water partition coefficient (Wildman–Crippen LogP) is 4.37. The summed E-state index contributed by atoms with van der Waals surface area (Å²) in [5, 5.41) is 14.4. The first kappa shape index (κ1) is 16.7. The van der Waals surface area contributed by atoms with E-state index in [9.17, 15) is 0 Å². The molecule has 0 unspecified atom stereocenters. The Bertz CT molecular complexity index is 828. The molecule has 25 heavy (non-hydrogen) atoms. The topological polar surface area (TPSA) is 72.0 Å². The van der Waals surface area contributed by atoms with Crippen LogP contribution in [0.1, 0.15) is 18.1 Å². The maximum Gasteiger partial charge on any atom is 0.249 e. The van der Waals surface area contributed by atoms with E-state index < -0.39 is 0 Å². The minimum atomic E-state index is 0.429. The fourth-order valence-electron chi connectivity index (χ4n) is 2.54. The minimum absolute atomic E-state index is 0.429. The lowest BCUT2D eigenvalue weighted by molar-refractivity contribution is 0.340. The Hall–Kier alpha value is -3.15. The summed E-state index contributed by atoms with van der Waals surface area (Å²) in [7, 11) is 0. The number of benzene rings is 2. The molecular formula is C19H21N5O. The highest BCUT2D eigenvalue weighted by Crippen LogP contribution is 2.20. The average molecular weight is 335 g/mol.